The van der Waals surface area contributed by atoms with E-state index in [1.165, 1.54) is 32.4 Å². The van der Waals surface area contributed by atoms with Crippen molar-refractivity contribution in [2.75, 3.05) is 31.5 Å². The van der Waals surface area contributed by atoms with E-state index in [-0.39, 0.29) is 17.0 Å². The summed E-state index contributed by atoms with van der Waals surface area (Å²) in [4.78, 5) is 25.1. The number of hydrogen-bond donors (Lipinski definition) is 2. The summed E-state index contributed by atoms with van der Waals surface area (Å²) >= 11 is 0. The number of methoxy groups -OCH3 is 2. The van der Waals surface area contributed by atoms with Crippen molar-refractivity contribution < 1.29 is 28.2 Å². The number of hydrogen-bond acceptors (Lipinski definition) is 5. The molecule has 0 aliphatic rings. The van der Waals surface area contributed by atoms with Crippen molar-refractivity contribution >= 4 is 23.2 Å². The molecule has 7 nitrogen and oxygen atoms in total. The summed E-state index contributed by atoms with van der Waals surface area (Å²) in [6, 6.07) is 15.8. The second-order valence-corrected chi connectivity index (χ2v) is 6.79. The van der Waals surface area contributed by atoms with Crippen LogP contribution in [0.25, 0.3) is 0 Å². The molecule has 3 rings (SSSR count). The van der Waals surface area contributed by atoms with Crippen molar-refractivity contribution in [1.29, 1.82) is 0 Å². The van der Waals surface area contributed by atoms with Gasteiger partial charge in [0.15, 0.2) is 18.1 Å². The lowest BCUT2D eigenvalue weighted by molar-refractivity contribution is -0.118. The molecule has 0 heterocycles. The van der Waals surface area contributed by atoms with Crippen LogP contribution in [0.5, 0.6) is 17.2 Å². The van der Waals surface area contributed by atoms with Crippen LogP contribution in [-0.4, -0.2) is 32.6 Å². The van der Waals surface area contributed by atoms with E-state index in [1.807, 2.05) is 6.92 Å². The highest BCUT2D eigenvalue weighted by Crippen LogP contribution is 2.33. The number of benzene rings is 3. The first kappa shape index (κ1) is 22.6. The molecule has 3 aromatic carbocycles. The van der Waals surface area contributed by atoms with E-state index in [2.05, 4.69) is 10.6 Å². The number of amides is 2. The molecule has 0 radical (unpaired) electrons. The number of rotatable bonds is 8. The molecule has 0 atom stereocenters. The minimum absolute atomic E-state index is 0.0519. The van der Waals surface area contributed by atoms with E-state index in [1.54, 1.807) is 42.5 Å². The summed E-state index contributed by atoms with van der Waals surface area (Å²) < 4.78 is 29.8. The van der Waals surface area contributed by atoms with Gasteiger partial charge in [0.1, 0.15) is 11.6 Å². The van der Waals surface area contributed by atoms with Gasteiger partial charge in [0.2, 0.25) is 0 Å². The maximum Gasteiger partial charge on any atom is 0.262 e. The van der Waals surface area contributed by atoms with Gasteiger partial charge in [0.05, 0.1) is 25.5 Å². The third-order valence-electron chi connectivity index (χ3n) is 4.62. The number of nitrogens with one attached hydrogen (secondary N) is 2. The van der Waals surface area contributed by atoms with Crippen LogP contribution < -0.4 is 24.8 Å². The third kappa shape index (κ3) is 5.34. The van der Waals surface area contributed by atoms with Gasteiger partial charge < -0.3 is 24.8 Å². The maximum absolute atomic E-state index is 13.7. The van der Waals surface area contributed by atoms with Crippen LogP contribution in [-0.2, 0) is 4.79 Å². The van der Waals surface area contributed by atoms with Crippen LogP contribution in [0.4, 0.5) is 15.8 Å². The number of halogens is 1. The zero-order chi connectivity index (χ0) is 23.1. The molecule has 0 fully saturated rings. The van der Waals surface area contributed by atoms with Gasteiger partial charge in [-0.3, -0.25) is 9.59 Å². The average molecular weight is 438 g/mol. The molecular formula is C24H23FN2O5. The molecule has 0 bridgehead atoms. The Morgan fingerprint density at radius 2 is 1.50 bits per heavy atom. The van der Waals surface area contributed by atoms with Crippen molar-refractivity contribution in [1.82, 2.24) is 0 Å². The minimum atomic E-state index is -0.555. The summed E-state index contributed by atoms with van der Waals surface area (Å²) in [6.07, 6.45) is 0. The number of para-hydroxylation sites is 2. The molecule has 0 saturated carbocycles. The van der Waals surface area contributed by atoms with Crippen LogP contribution in [0, 0.1) is 12.7 Å². The lowest BCUT2D eigenvalue weighted by atomic mass is 10.1. The number of anilines is 2. The van der Waals surface area contributed by atoms with Gasteiger partial charge in [-0.15, -0.1) is 0 Å². The standard InChI is InChI=1S/C24H23FN2O5/c1-15-12-21(30-2)22(31-3)13-19(15)27-24(29)16-8-4-7-11-20(16)32-14-23(28)26-18-10-6-5-9-17(18)25/h4-13H,14H2,1-3H3,(H,26,28)(H,27,29). The average Bonchev–Trinajstić information content (AvgIpc) is 2.80. The van der Waals surface area contributed by atoms with Crippen molar-refractivity contribution in [3.05, 3.63) is 77.6 Å². The minimum Gasteiger partial charge on any atom is -0.493 e. The number of aryl methyl sites for hydroxylation is 1. The van der Waals surface area contributed by atoms with E-state index >= 15 is 0 Å². The predicted molar refractivity (Wildman–Crippen MR) is 119 cm³/mol. The molecule has 2 amide bonds. The molecule has 8 heteroatoms. The summed E-state index contributed by atoms with van der Waals surface area (Å²) in [7, 11) is 3.04. The van der Waals surface area contributed by atoms with E-state index < -0.39 is 24.2 Å². The van der Waals surface area contributed by atoms with Crippen LogP contribution in [0.3, 0.4) is 0 Å². The molecule has 0 aromatic heterocycles. The highest BCUT2D eigenvalue weighted by Gasteiger charge is 2.16. The van der Waals surface area contributed by atoms with Gasteiger partial charge in [-0.25, -0.2) is 4.39 Å². The SMILES string of the molecule is COc1cc(C)c(NC(=O)c2ccccc2OCC(=O)Nc2ccccc2F)cc1OC. The molecule has 2 N–H and O–H groups in total. The molecule has 166 valence electrons. The molecular weight excluding hydrogens is 415 g/mol. The Balaban J connectivity index is 1.71. The first-order valence-corrected chi connectivity index (χ1v) is 9.73. The second kappa shape index (κ2) is 10.3. The van der Waals surface area contributed by atoms with Crippen LogP contribution in [0.2, 0.25) is 0 Å². The molecule has 0 spiro atoms. The van der Waals surface area contributed by atoms with E-state index in [0.717, 1.165) is 5.56 Å². The van der Waals surface area contributed by atoms with Crippen molar-refractivity contribution in [3.8, 4) is 17.2 Å². The molecule has 0 aliphatic carbocycles. The van der Waals surface area contributed by atoms with Crippen LogP contribution >= 0.6 is 0 Å². The molecule has 0 saturated heterocycles. The summed E-state index contributed by atoms with van der Waals surface area (Å²) in [6.45, 7) is 1.43. The Morgan fingerprint density at radius 1 is 0.844 bits per heavy atom. The zero-order valence-corrected chi connectivity index (χ0v) is 17.9. The Morgan fingerprint density at radius 3 is 2.22 bits per heavy atom. The quantitative estimate of drug-likeness (QED) is 0.544. The van der Waals surface area contributed by atoms with Gasteiger partial charge in [-0.05, 0) is 42.8 Å². The van der Waals surface area contributed by atoms with Gasteiger partial charge in [0.25, 0.3) is 11.8 Å². The lowest BCUT2D eigenvalue weighted by Gasteiger charge is -2.15. The van der Waals surface area contributed by atoms with Gasteiger partial charge in [-0.2, -0.15) is 0 Å². The molecule has 3 aromatic rings. The first-order chi connectivity index (χ1) is 15.4. The van der Waals surface area contributed by atoms with E-state index in [9.17, 15) is 14.0 Å². The summed E-state index contributed by atoms with van der Waals surface area (Å²) in [5.41, 5.74) is 1.61. The van der Waals surface area contributed by atoms with Gasteiger partial charge in [-0.1, -0.05) is 24.3 Å². The molecule has 0 aliphatic heterocycles. The van der Waals surface area contributed by atoms with Crippen molar-refractivity contribution in [2.24, 2.45) is 0 Å². The van der Waals surface area contributed by atoms with Gasteiger partial charge in [0, 0.05) is 11.8 Å². The highest BCUT2D eigenvalue weighted by atomic mass is 19.1. The smallest absolute Gasteiger partial charge is 0.262 e. The Hall–Kier alpha value is -4.07. The topological polar surface area (TPSA) is 85.9 Å². The van der Waals surface area contributed by atoms with Gasteiger partial charge >= 0.3 is 0 Å². The monoisotopic (exact) mass is 438 g/mol. The zero-order valence-electron chi connectivity index (χ0n) is 17.9. The summed E-state index contributed by atoms with van der Waals surface area (Å²) in [5.74, 6) is -0.292. The highest BCUT2D eigenvalue weighted by molar-refractivity contribution is 6.06. The largest absolute Gasteiger partial charge is 0.493 e. The number of carbonyl (C=O) groups is 2. The Bertz CT molecular complexity index is 1130. The fourth-order valence-electron chi connectivity index (χ4n) is 2.98. The fraction of sp³-hybridized carbons (Fsp3) is 0.167. The number of ether oxygens (including phenoxy) is 3. The first-order valence-electron chi connectivity index (χ1n) is 9.73. The normalized spacial score (nSPS) is 10.2. The van der Waals surface area contributed by atoms with E-state index in [0.29, 0.717) is 17.2 Å². The Kier molecular flexibility index (Phi) is 7.28. The van der Waals surface area contributed by atoms with E-state index in [4.69, 9.17) is 14.2 Å². The predicted octanol–water partition coefficient (Wildman–Crippen LogP) is 4.42. The molecule has 0 unspecified atom stereocenters. The lowest BCUT2D eigenvalue weighted by Crippen LogP contribution is -2.22. The van der Waals surface area contributed by atoms with Crippen molar-refractivity contribution in [2.45, 2.75) is 6.92 Å². The molecule has 32 heavy (non-hydrogen) atoms. The van der Waals surface area contributed by atoms with Crippen molar-refractivity contribution in [3.63, 3.8) is 0 Å². The second-order valence-electron chi connectivity index (χ2n) is 6.79. The summed E-state index contributed by atoms with van der Waals surface area (Å²) in [5, 5.41) is 5.26. The van der Waals surface area contributed by atoms with Crippen LogP contribution in [0.15, 0.2) is 60.7 Å². The Labute approximate surface area is 185 Å². The fourth-order valence-corrected chi connectivity index (χ4v) is 2.98. The van der Waals surface area contributed by atoms with Crippen LogP contribution in [0.1, 0.15) is 15.9 Å². The number of carbonyl (C=O) groups excluding carboxylic acids is 2. The third-order valence-corrected chi connectivity index (χ3v) is 4.62. The maximum atomic E-state index is 13.7.